The van der Waals surface area contributed by atoms with Crippen LogP contribution in [0.1, 0.15) is 169 Å². The molecule has 0 radical (unpaired) electrons. The third-order valence-corrected chi connectivity index (χ3v) is 16.9. The second-order valence-electron chi connectivity index (χ2n) is 21.1. The van der Waals surface area contributed by atoms with Crippen LogP contribution in [-0.4, -0.2) is 92.3 Å². The molecule has 0 bridgehead atoms. The molecule has 10 rings (SSSR count). The summed E-state index contributed by atoms with van der Waals surface area (Å²) in [4.78, 5) is 59.5. The monoisotopic (exact) mass is 1050 g/mol. The van der Waals surface area contributed by atoms with Crippen molar-refractivity contribution in [1.82, 2.24) is 35.1 Å². The Hall–Kier alpha value is -6.69. The second-order valence-corrected chi connectivity index (χ2v) is 21.1. The minimum Gasteiger partial charge on any atom is -0.478 e. The predicted octanol–water partition coefficient (Wildman–Crippen LogP) is 10.2. The van der Waals surface area contributed by atoms with Crippen LogP contribution in [0.15, 0.2) is 22.5 Å². The van der Waals surface area contributed by atoms with Crippen LogP contribution in [0, 0.1) is 42.7 Å². The van der Waals surface area contributed by atoms with E-state index in [-0.39, 0.29) is 57.8 Å². The van der Waals surface area contributed by atoms with Gasteiger partial charge in [-0.05, 0) is 104 Å². The molecule has 408 valence electrons. The molecule has 0 aliphatic heterocycles. The summed E-state index contributed by atoms with van der Waals surface area (Å²) in [6.45, 7) is 42.1. The summed E-state index contributed by atoms with van der Waals surface area (Å²) in [6, 6.07) is 0.419. The van der Waals surface area contributed by atoms with Crippen LogP contribution in [0.5, 0.6) is 35.7 Å². The maximum atomic E-state index is 12.5. The maximum Gasteiger partial charge on any atom is 0.319 e. The van der Waals surface area contributed by atoms with Crippen molar-refractivity contribution >= 4 is 11.6 Å². The van der Waals surface area contributed by atoms with E-state index in [2.05, 4.69) is 62.5 Å². The van der Waals surface area contributed by atoms with Crippen molar-refractivity contribution in [1.29, 1.82) is 0 Å². The van der Waals surface area contributed by atoms with Gasteiger partial charge in [-0.1, -0.05) is 60.2 Å². The number of nitrogens with zero attached hydrogens (tertiary/aromatic N) is 9. The van der Waals surface area contributed by atoms with E-state index in [4.69, 9.17) is 57.4 Å². The third-order valence-electron chi connectivity index (χ3n) is 16.9. The Morgan fingerprint density at radius 3 is 1.55 bits per heavy atom. The third kappa shape index (κ3) is 10.1. The Kier molecular flexibility index (Phi) is 17.0. The van der Waals surface area contributed by atoms with Gasteiger partial charge < -0.3 is 42.6 Å². The predicted molar refractivity (Wildman–Crippen MR) is 284 cm³/mol. The Labute approximate surface area is 449 Å². The molecule has 1 fully saturated rings. The number of hydrogen-bond acceptors (Lipinski definition) is 16. The minimum absolute atomic E-state index is 0.0648. The molecule has 0 aromatic carbocycles. The quantitative estimate of drug-likeness (QED) is 0.121. The molecule has 1 saturated carbocycles. The highest BCUT2D eigenvalue weighted by molar-refractivity contribution is 6.00. The Morgan fingerprint density at radius 2 is 1.08 bits per heavy atom. The standard InChI is InChI=1S/2C19H25N3O3.C19H23N3O3.CH4/c1-5-23-17-13-7-8-14-11(3)15-12(10-20-25-15)9-19(14,4)16(13)21-18(22-17)24-6-2;2*1-6-24-17-12-8-9-13-11(3)15(23)14(20-5)10-19(13,4)16(12)21-18(22-17)25-7-2;/h10-11,14H,5-9H2,1-4H3;11,13-14H,6-10H2,1-4H3;10-11,13H,6-9H2,1-4H3;1H4/t11-,14-,19-;11-,13-,14?,19-;11-,13-,19-;/m000./s1/i;;;1T. The smallest absolute Gasteiger partial charge is 0.319 e. The van der Waals surface area contributed by atoms with Crippen LogP contribution in [0.4, 0.5) is 0 Å². The molecule has 0 N–H and O–H groups in total. The zero-order valence-corrected chi connectivity index (χ0v) is 46.8. The largest absolute Gasteiger partial charge is 0.478 e. The van der Waals surface area contributed by atoms with Gasteiger partial charge in [0.25, 0.3) is 6.04 Å². The van der Waals surface area contributed by atoms with Gasteiger partial charge in [0.2, 0.25) is 29.1 Å². The van der Waals surface area contributed by atoms with E-state index in [0.717, 1.165) is 84.5 Å². The van der Waals surface area contributed by atoms with E-state index in [1.165, 1.54) is 13.0 Å². The number of fused-ring (bicyclic) bond motifs is 10. The van der Waals surface area contributed by atoms with Crippen molar-refractivity contribution in [3.8, 4) is 35.7 Å². The highest BCUT2D eigenvalue weighted by atomic mass is 16.5. The first-order valence-electron chi connectivity index (χ1n) is 28.0. The van der Waals surface area contributed by atoms with Gasteiger partial charge in [0.15, 0.2) is 5.78 Å². The highest BCUT2D eigenvalue weighted by Gasteiger charge is 2.56. The number of ether oxygens (including phenoxy) is 6. The number of Topliss-reactive ketones (excluding diaryl/α,β-unsaturated/α-hetero) is 2. The molecule has 6 aliphatic carbocycles. The molecule has 6 aliphatic rings. The van der Waals surface area contributed by atoms with Crippen molar-refractivity contribution < 1.29 is 43.9 Å². The maximum absolute atomic E-state index is 12.5. The lowest BCUT2D eigenvalue weighted by molar-refractivity contribution is -0.129. The van der Waals surface area contributed by atoms with Crippen LogP contribution in [0.2, 0.25) is 0 Å². The fourth-order valence-corrected chi connectivity index (χ4v) is 13.4. The number of carbonyl (C=O) groups excluding carboxylic acids is 2. The summed E-state index contributed by atoms with van der Waals surface area (Å²) in [5.41, 5.74) is 6.37. The van der Waals surface area contributed by atoms with Gasteiger partial charge in [-0.15, -0.1) is 0 Å². The Morgan fingerprint density at radius 1 is 0.632 bits per heavy atom. The summed E-state index contributed by atoms with van der Waals surface area (Å²) >= 11 is 0. The summed E-state index contributed by atoms with van der Waals surface area (Å²) in [6.07, 6.45) is 10.3. The fourth-order valence-electron chi connectivity index (χ4n) is 13.4. The number of allylic oxidation sites excluding steroid dienone is 2. The topological polar surface area (TPSA) is 202 Å². The zero-order chi connectivity index (χ0) is 56.0. The molecule has 10 atom stereocenters. The Balaban J connectivity index is 0.000000165. The number of carbonyl (C=O) groups is 2. The number of rotatable bonds is 12. The molecule has 76 heavy (non-hydrogen) atoms. The Bertz CT molecular complexity index is 2920. The molecule has 0 saturated heterocycles. The summed E-state index contributed by atoms with van der Waals surface area (Å²) in [5, 5.41) is 4.04. The molecule has 0 spiro atoms. The number of aromatic nitrogens is 7. The van der Waals surface area contributed by atoms with Crippen molar-refractivity contribution in [3.63, 3.8) is 0 Å². The average Bonchev–Trinajstić information content (AvgIpc) is 4.08. The van der Waals surface area contributed by atoms with E-state index in [9.17, 15) is 9.59 Å². The lowest BCUT2D eigenvalue weighted by atomic mass is 9.55. The van der Waals surface area contributed by atoms with Crippen molar-refractivity contribution in [2.75, 3.05) is 39.6 Å². The molecular formula is C58H77N9O9. The van der Waals surface area contributed by atoms with Crippen LogP contribution >= 0.6 is 0 Å². The van der Waals surface area contributed by atoms with Gasteiger partial charge in [-0.2, -0.15) is 29.9 Å². The fraction of sp³-hybridized carbons (Fsp3) is 0.638. The van der Waals surface area contributed by atoms with E-state index >= 15 is 0 Å². The van der Waals surface area contributed by atoms with Crippen molar-refractivity contribution in [2.24, 2.45) is 29.6 Å². The molecule has 4 heterocycles. The van der Waals surface area contributed by atoms with Crippen LogP contribution in [-0.2, 0) is 51.5 Å². The van der Waals surface area contributed by atoms with Crippen LogP contribution in [0.3, 0.4) is 0 Å². The van der Waals surface area contributed by atoms with E-state index in [1.807, 2.05) is 61.6 Å². The average molecular weight is 1050 g/mol. The minimum atomic E-state index is -0.594. The van der Waals surface area contributed by atoms with Crippen molar-refractivity contribution in [2.45, 2.75) is 170 Å². The molecule has 1 unspecified atom stereocenters. The van der Waals surface area contributed by atoms with Gasteiger partial charge >= 0.3 is 18.0 Å². The van der Waals surface area contributed by atoms with E-state index < -0.39 is 11.5 Å². The first-order chi connectivity index (χ1) is 37.0. The number of hydrogen-bond donors (Lipinski definition) is 0. The SMILES string of the molecule is CCOc1nc(OCC)c2c(n1)[C@@]1(C)Cc3cnoc3[C@@H](C)[C@@H]1CC2.[3H]C.[C-]#[N+]C1=C[C@]2(C)c3nc(OCC)nc(OCC)c3CC[C@H]2[C@H](C)C1=O.[C-]#[N+]C1C[C@]2(C)c3nc(OCC)nc(OCC)c3CC[C@H]2[C@H](C)C1=O. The van der Waals surface area contributed by atoms with Crippen molar-refractivity contribution in [3.05, 3.63) is 85.9 Å². The van der Waals surface area contributed by atoms with E-state index in [1.54, 1.807) is 6.08 Å². The van der Waals surface area contributed by atoms with E-state index in [0.29, 0.717) is 87.6 Å². The first-order valence-corrected chi connectivity index (χ1v) is 27.0. The highest BCUT2D eigenvalue weighted by Crippen LogP contribution is 2.56. The molecular weight excluding hydrogens is 967 g/mol. The van der Waals surface area contributed by atoms with Crippen LogP contribution in [0.25, 0.3) is 9.69 Å². The van der Waals surface area contributed by atoms with Crippen LogP contribution < -0.4 is 28.4 Å². The molecule has 0 amide bonds. The second kappa shape index (κ2) is 23.3. The lowest BCUT2D eigenvalue weighted by Crippen LogP contribution is -2.52. The summed E-state index contributed by atoms with van der Waals surface area (Å²) in [5.74, 6) is 3.60. The normalized spacial score (nSPS) is 28.3. The number of ketones is 2. The van der Waals surface area contributed by atoms with Gasteiger partial charge in [0, 0.05) is 64.0 Å². The summed E-state index contributed by atoms with van der Waals surface area (Å²) in [7, 11) is 1.25. The molecule has 18 heteroatoms. The first kappa shape index (κ1) is 55.5. The molecule has 4 aromatic rings. The van der Waals surface area contributed by atoms with Gasteiger partial charge in [-0.25, -0.2) is 11.4 Å². The zero-order valence-electron chi connectivity index (χ0n) is 47.8. The lowest BCUT2D eigenvalue weighted by Gasteiger charge is -2.47. The van der Waals surface area contributed by atoms with Gasteiger partial charge in [-0.3, -0.25) is 4.79 Å². The summed E-state index contributed by atoms with van der Waals surface area (Å²) < 4.78 is 45.3. The molecule has 4 aromatic heterocycles. The van der Waals surface area contributed by atoms with Gasteiger partial charge in [0.1, 0.15) is 5.76 Å². The van der Waals surface area contributed by atoms with Gasteiger partial charge in [0.05, 0.1) is 69.5 Å². The molecule has 18 nitrogen and oxygen atoms in total.